The highest BCUT2D eigenvalue weighted by Crippen LogP contribution is 2.38. The zero-order valence-corrected chi connectivity index (χ0v) is 12.9. The standard InChI is InChI=1S/C19H25NO/c1-15-13-17-9-5-6-10-18(17)14-20(15)19(21)12-11-16-7-3-2-4-8-16/h2-4,7-8,11-12,15,17-18H,5-6,9-10,13-14H2,1H3/b12-11+. The largest absolute Gasteiger partial charge is 0.336 e. The van der Waals surface area contributed by atoms with Crippen LogP contribution in [0.25, 0.3) is 6.08 Å². The fourth-order valence-corrected chi connectivity index (χ4v) is 3.97. The number of carbonyl (C=O) groups is 1. The molecule has 1 aromatic rings. The Morgan fingerprint density at radius 2 is 1.86 bits per heavy atom. The van der Waals surface area contributed by atoms with E-state index < -0.39 is 0 Å². The molecular formula is C19H25NO. The maximum atomic E-state index is 12.5. The Labute approximate surface area is 127 Å². The normalized spacial score (nSPS) is 29.4. The van der Waals surface area contributed by atoms with Gasteiger partial charge in [0.05, 0.1) is 0 Å². The van der Waals surface area contributed by atoms with Gasteiger partial charge in [-0.25, -0.2) is 0 Å². The molecule has 0 bridgehead atoms. The molecule has 0 spiro atoms. The van der Waals surface area contributed by atoms with Crippen LogP contribution in [0.15, 0.2) is 36.4 Å². The predicted octanol–water partition coefficient (Wildman–Crippen LogP) is 4.13. The van der Waals surface area contributed by atoms with Crippen molar-refractivity contribution in [3.05, 3.63) is 42.0 Å². The molecule has 2 nitrogen and oxygen atoms in total. The van der Waals surface area contributed by atoms with Crippen molar-refractivity contribution in [3.63, 3.8) is 0 Å². The van der Waals surface area contributed by atoms with Gasteiger partial charge in [0.15, 0.2) is 0 Å². The van der Waals surface area contributed by atoms with Gasteiger partial charge in [0.25, 0.3) is 0 Å². The molecule has 1 aliphatic carbocycles. The van der Waals surface area contributed by atoms with E-state index in [9.17, 15) is 4.79 Å². The number of benzene rings is 1. The lowest BCUT2D eigenvalue weighted by atomic mass is 9.73. The summed E-state index contributed by atoms with van der Waals surface area (Å²) in [6.45, 7) is 3.17. The second-order valence-corrected chi connectivity index (χ2v) is 6.62. The molecule has 1 aromatic carbocycles. The van der Waals surface area contributed by atoms with Gasteiger partial charge in [-0.1, -0.05) is 49.6 Å². The van der Waals surface area contributed by atoms with E-state index in [2.05, 4.69) is 11.8 Å². The highest BCUT2D eigenvalue weighted by molar-refractivity contribution is 5.92. The lowest BCUT2D eigenvalue weighted by Crippen LogP contribution is -2.49. The van der Waals surface area contributed by atoms with Crippen molar-refractivity contribution in [2.75, 3.05) is 6.54 Å². The van der Waals surface area contributed by atoms with Crippen LogP contribution in [-0.4, -0.2) is 23.4 Å². The lowest BCUT2D eigenvalue weighted by molar-refractivity contribution is -0.131. The maximum absolute atomic E-state index is 12.5. The minimum atomic E-state index is 0.176. The Morgan fingerprint density at radius 3 is 2.62 bits per heavy atom. The topological polar surface area (TPSA) is 20.3 Å². The van der Waals surface area contributed by atoms with Crippen molar-refractivity contribution in [2.24, 2.45) is 11.8 Å². The van der Waals surface area contributed by atoms with Gasteiger partial charge >= 0.3 is 0 Å². The van der Waals surface area contributed by atoms with E-state index in [1.807, 2.05) is 36.4 Å². The summed E-state index contributed by atoms with van der Waals surface area (Å²) in [6, 6.07) is 10.4. The fraction of sp³-hybridized carbons (Fsp3) is 0.526. The number of hydrogen-bond acceptors (Lipinski definition) is 1. The molecule has 1 saturated heterocycles. The van der Waals surface area contributed by atoms with Crippen LogP contribution in [0, 0.1) is 11.8 Å². The van der Waals surface area contributed by atoms with Crippen LogP contribution in [-0.2, 0) is 4.79 Å². The predicted molar refractivity (Wildman–Crippen MR) is 86.7 cm³/mol. The maximum Gasteiger partial charge on any atom is 0.246 e. The summed E-state index contributed by atoms with van der Waals surface area (Å²) in [5, 5.41) is 0. The monoisotopic (exact) mass is 283 g/mol. The van der Waals surface area contributed by atoms with Crippen molar-refractivity contribution < 1.29 is 4.79 Å². The summed E-state index contributed by atoms with van der Waals surface area (Å²) >= 11 is 0. The third-order valence-corrected chi connectivity index (χ3v) is 5.17. The molecule has 3 unspecified atom stereocenters. The quantitative estimate of drug-likeness (QED) is 0.747. The van der Waals surface area contributed by atoms with Crippen molar-refractivity contribution in [3.8, 4) is 0 Å². The molecule has 0 aromatic heterocycles. The summed E-state index contributed by atoms with van der Waals surface area (Å²) in [5.74, 6) is 1.77. The van der Waals surface area contributed by atoms with Crippen LogP contribution in [0.5, 0.6) is 0 Å². The summed E-state index contributed by atoms with van der Waals surface area (Å²) < 4.78 is 0. The number of likely N-dealkylation sites (tertiary alicyclic amines) is 1. The molecule has 1 heterocycles. The first-order valence-corrected chi connectivity index (χ1v) is 8.28. The first kappa shape index (κ1) is 14.4. The van der Waals surface area contributed by atoms with Crippen LogP contribution in [0.1, 0.15) is 44.6 Å². The van der Waals surface area contributed by atoms with Gasteiger partial charge in [0.2, 0.25) is 5.91 Å². The molecule has 3 rings (SSSR count). The van der Waals surface area contributed by atoms with Crippen LogP contribution in [0.4, 0.5) is 0 Å². The summed E-state index contributed by atoms with van der Waals surface area (Å²) in [6.07, 6.45) is 10.3. The number of rotatable bonds is 2. The van der Waals surface area contributed by atoms with E-state index in [1.54, 1.807) is 6.08 Å². The van der Waals surface area contributed by atoms with E-state index in [0.717, 1.165) is 23.9 Å². The summed E-state index contributed by atoms with van der Waals surface area (Å²) in [7, 11) is 0. The minimum Gasteiger partial charge on any atom is -0.336 e. The second kappa shape index (κ2) is 6.46. The third kappa shape index (κ3) is 3.37. The molecule has 1 amide bonds. The van der Waals surface area contributed by atoms with E-state index in [0.29, 0.717) is 6.04 Å². The number of amides is 1. The molecule has 0 radical (unpaired) electrons. The van der Waals surface area contributed by atoms with Crippen LogP contribution < -0.4 is 0 Å². The Morgan fingerprint density at radius 1 is 1.14 bits per heavy atom. The zero-order chi connectivity index (χ0) is 14.7. The molecule has 0 N–H and O–H groups in total. The lowest BCUT2D eigenvalue weighted by Gasteiger charge is -2.44. The average molecular weight is 283 g/mol. The molecule has 112 valence electrons. The van der Waals surface area contributed by atoms with Crippen molar-refractivity contribution in [2.45, 2.75) is 45.1 Å². The van der Waals surface area contributed by atoms with E-state index in [1.165, 1.54) is 32.1 Å². The van der Waals surface area contributed by atoms with Crippen molar-refractivity contribution in [1.29, 1.82) is 0 Å². The zero-order valence-electron chi connectivity index (χ0n) is 12.9. The van der Waals surface area contributed by atoms with Crippen LogP contribution in [0.3, 0.4) is 0 Å². The van der Waals surface area contributed by atoms with E-state index in [4.69, 9.17) is 0 Å². The Kier molecular flexibility index (Phi) is 4.42. The Hall–Kier alpha value is -1.57. The smallest absolute Gasteiger partial charge is 0.246 e. The van der Waals surface area contributed by atoms with Gasteiger partial charge in [-0.3, -0.25) is 4.79 Å². The van der Waals surface area contributed by atoms with E-state index >= 15 is 0 Å². The average Bonchev–Trinajstić information content (AvgIpc) is 2.53. The van der Waals surface area contributed by atoms with Gasteiger partial charge in [0, 0.05) is 18.7 Å². The van der Waals surface area contributed by atoms with Gasteiger partial charge < -0.3 is 4.90 Å². The Balaban J connectivity index is 1.65. The van der Waals surface area contributed by atoms with Crippen molar-refractivity contribution in [1.82, 2.24) is 4.90 Å². The van der Waals surface area contributed by atoms with E-state index in [-0.39, 0.29) is 5.91 Å². The Bertz CT molecular complexity index is 508. The molecule has 2 heteroatoms. The highest BCUT2D eigenvalue weighted by Gasteiger charge is 2.36. The third-order valence-electron chi connectivity index (χ3n) is 5.17. The number of hydrogen-bond donors (Lipinski definition) is 0. The number of nitrogens with zero attached hydrogens (tertiary/aromatic N) is 1. The van der Waals surface area contributed by atoms with Crippen molar-refractivity contribution >= 4 is 12.0 Å². The first-order chi connectivity index (χ1) is 10.2. The first-order valence-electron chi connectivity index (χ1n) is 8.28. The second-order valence-electron chi connectivity index (χ2n) is 6.62. The number of piperidine rings is 1. The molecule has 2 aliphatic rings. The number of fused-ring (bicyclic) bond motifs is 1. The highest BCUT2D eigenvalue weighted by atomic mass is 16.2. The van der Waals surface area contributed by atoms with Crippen LogP contribution >= 0.6 is 0 Å². The molecule has 1 saturated carbocycles. The minimum absolute atomic E-state index is 0.176. The number of carbonyl (C=O) groups excluding carboxylic acids is 1. The van der Waals surface area contributed by atoms with Gasteiger partial charge in [0.1, 0.15) is 0 Å². The fourth-order valence-electron chi connectivity index (χ4n) is 3.97. The van der Waals surface area contributed by atoms with Gasteiger partial charge in [-0.15, -0.1) is 0 Å². The van der Waals surface area contributed by atoms with Gasteiger partial charge in [-0.05, 0) is 43.2 Å². The molecule has 21 heavy (non-hydrogen) atoms. The summed E-state index contributed by atoms with van der Waals surface area (Å²) in [4.78, 5) is 14.6. The van der Waals surface area contributed by atoms with Gasteiger partial charge in [-0.2, -0.15) is 0 Å². The molecule has 1 aliphatic heterocycles. The summed E-state index contributed by atoms with van der Waals surface area (Å²) in [5.41, 5.74) is 1.09. The molecule has 2 fully saturated rings. The van der Waals surface area contributed by atoms with Crippen LogP contribution in [0.2, 0.25) is 0 Å². The SMILES string of the molecule is CC1CC2CCCCC2CN1C(=O)/C=C/c1ccccc1. The molecular weight excluding hydrogens is 258 g/mol. The molecule has 3 atom stereocenters.